The van der Waals surface area contributed by atoms with Crippen LogP contribution in [0.4, 0.5) is 29.1 Å². The molecule has 0 saturated heterocycles. The van der Waals surface area contributed by atoms with Crippen LogP contribution in [0.3, 0.4) is 0 Å². The van der Waals surface area contributed by atoms with E-state index in [9.17, 15) is 22.4 Å². The number of aromatic nitrogens is 2. The second-order valence-electron chi connectivity index (χ2n) is 7.94. The summed E-state index contributed by atoms with van der Waals surface area (Å²) in [6, 6.07) is 6.88. The summed E-state index contributed by atoms with van der Waals surface area (Å²) < 4.78 is 58.4. The van der Waals surface area contributed by atoms with Crippen molar-refractivity contribution in [3.8, 4) is 11.3 Å². The molecule has 1 aliphatic heterocycles. The van der Waals surface area contributed by atoms with Crippen LogP contribution in [-0.2, 0) is 16.9 Å². The van der Waals surface area contributed by atoms with Crippen molar-refractivity contribution in [3.63, 3.8) is 0 Å². The average molecular weight is 447 g/mol. The van der Waals surface area contributed by atoms with Gasteiger partial charge < -0.3 is 20.5 Å². The topological polar surface area (TPSA) is 76.2 Å². The molecule has 3 aromatic rings. The summed E-state index contributed by atoms with van der Waals surface area (Å²) in [5, 5.41) is 3.03. The van der Waals surface area contributed by atoms with Crippen molar-refractivity contribution in [1.82, 2.24) is 14.5 Å². The highest BCUT2D eigenvalue weighted by Crippen LogP contribution is 2.41. The molecule has 168 valence electrons. The molecule has 1 aromatic heterocycles. The maximum atomic E-state index is 14.7. The Hall–Kier alpha value is -3.40. The number of imidazole rings is 1. The van der Waals surface area contributed by atoms with Crippen molar-refractivity contribution < 1.29 is 22.4 Å². The summed E-state index contributed by atoms with van der Waals surface area (Å²) in [5.41, 5.74) is 4.22. The van der Waals surface area contributed by atoms with Gasteiger partial charge in [-0.25, -0.2) is 22.5 Å². The second kappa shape index (κ2) is 7.94. The Bertz CT molecular complexity index is 1190. The van der Waals surface area contributed by atoms with Crippen LogP contribution < -0.4 is 11.1 Å². The zero-order valence-corrected chi connectivity index (χ0v) is 17.4. The predicted molar refractivity (Wildman–Crippen MR) is 111 cm³/mol. The normalized spacial score (nSPS) is 14.9. The molecule has 0 unspecified atom stereocenters. The first-order valence-corrected chi connectivity index (χ1v) is 9.93. The average Bonchev–Trinajstić information content (AvgIpc) is 3.11. The number of halogens is 4. The number of hydrogen-bond donors (Lipinski definition) is 2. The van der Waals surface area contributed by atoms with Gasteiger partial charge >= 0.3 is 0 Å². The molecule has 0 bridgehead atoms. The number of anilines is 2. The van der Waals surface area contributed by atoms with E-state index >= 15 is 0 Å². The lowest BCUT2D eigenvalue weighted by Crippen LogP contribution is -2.53. The molecule has 10 heteroatoms. The van der Waals surface area contributed by atoms with E-state index in [4.69, 9.17) is 5.73 Å². The van der Waals surface area contributed by atoms with Gasteiger partial charge in [-0.3, -0.25) is 4.79 Å². The lowest BCUT2D eigenvalue weighted by molar-refractivity contribution is -0.137. The van der Waals surface area contributed by atoms with Gasteiger partial charge in [0.1, 0.15) is 29.0 Å². The molecule has 1 amide bonds. The number of nitrogens with one attached hydrogen (secondary N) is 1. The molecule has 0 aliphatic carbocycles. The van der Waals surface area contributed by atoms with Gasteiger partial charge in [-0.05, 0) is 50.2 Å². The van der Waals surface area contributed by atoms with Crippen molar-refractivity contribution in [3.05, 3.63) is 65.5 Å². The minimum Gasteiger partial charge on any atom is -0.340 e. The van der Waals surface area contributed by atoms with Gasteiger partial charge in [0.15, 0.2) is 11.6 Å². The van der Waals surface area contributed by atoms with Crippen LogP contribution >= 0.6 is 0 Å². The lowest BCUT2D eigenvalue weighted by atomic mass is 9.99. The third-order valence-electron chi connectivity index (χ3n) is 5.60. The van der Waals surface area contributed by atoms with E-state index in [-0.39, 0.29) is 37.1 Å². The van der Waals surface area contributed by atoms with E-state index in [2.05, 4.69) is 10.3 Å². The van der Waals surface area contributed by atoms with Crippen LogP contribution in [0.1, 0.15) is 19.7 Å². The summed E-state index contributed by atoms with van der Waals surface area (Å²) in [6.45, 7) is 3.80. The minimum absolute atomic E-state index is 0.158. The largest absolute Gasteiger partial charge is 0.340 e. The smallest absolute Gasteiger partial charge is 0.237 e. The molecule has 0 atom stereocenters. The van der Waals surface area contributed by atoms with E-state index in [1.807, 2.05) is 0 Å². The van der Waals surface area contributed by atoms with Gasteiger partial charge in [-0.1, -0.05) is 0 Å². The SMILES string of the molecule is CC1(C)c2nc(-c3c(F)ccc(F)c3F)c(Nc3ccc(F)cc3)n2CCN1C(=O)CN. The number of hydrogen-bond acceptors (Lipinski definition) is 4. The summed E-state index contributed by atoms with van der Waals surface area (Å²) in [4.78, 5) is 18.4. The Labute approximate surface area is 181 Å². The van der Waals surface area contributed by atoms with Crippen LogP contribution in [-0.4, -0.2) is 33.4 Å². The molecule has 2 heterocycles. The van der Waals surface area contributed by atoms with Gasteiger partial charge in [-0.2, -0.15) is 0 Å². The molecule has 0 radical (unpaired) electrons. The first kappa shape index (κ1) is 21.8. The number of carbonyl (C=O) groups is 1. The molecular weight excluding hydrogens is 426 g/mol. The fourth-order valence-corrected chi connectivity index (χ4v) is 4.00. The van der Waals surface area contributed by atoms with Gasteiger partial charge in [0.25, 0.3) is 0 Å². The number of rotatable bonds is 4. The molecular formula is C22H21F4N5O. The molecule has 0 spiro atoms. The highest BCUT2D eigenvalue weighted by molar-refractivity contribution is 5.81. The molecule has 32 heavy (non-hydrogen) atoms. The molecule has 4 rings (SSSR count). The van der Waals surface area contributed by atoms with E-state index in [1.165, 1.54) is 24.3 Å². The molecule has 0 saturated carbocycles. The van der Waals surface area contributed by atoms with Gasteiger partial charge in [0.05, 0.1) is 17.6 Å². The number of fused-ring (bicyclic) bond motifs is 1. The van der Waals surface area contributed by atoms with E-state index in [0.717, 1.165) is 6.07 Å². The van der Waals surface area contributed by atoms with Crippen LogP contribution in [0, 0.1) is 23.3 Å². The fraction of sp³-hybridized carbons (Fsp3) is 0.273. The van der Waals surface area contributed by atoms with E-state index in [1.54, 1.807) is 23.3 Å². The Morgan fingerprint density at radius 1 is 1.06 bits per heavy atom. The quantitative estimate of drug-likeness (QED) is 0.470. The summed E-state index contributed by atoms with van der Waals surface area (Å²) in [5.74, 6) is -3.81. The monoisotopic (exact) mass is 447 g/mol. The zero-order chi connectivity index (χ0) is 23.2. The summed E-state index contributed by atoms with van der Waals surface area (Å²) in [6.07, 6.45) is 0. The molecule has 2 aromatic carbocycles. The van der Waals surface area contributed by atoms with Gasteiger partial charge in [-0.15, -0.1) is 0 Å². The van der Waals surface area contributed by atoms with Crippen molar-refractivity contribution in [2.24, 2.45) is 5.73 Å². The van der Waals surface area contributed by atoms with Crippen molar-refractivity contribution in [2.75, 3.05) is 18.4 Å². The van der Waals surface area contributed by atoms with Crippen molar-refractivity contribution in [2.45, 2.75) is 25.9 Å². The number of carbonyl (C=O) groups excluding carboxylic acids is 1. The molecule has 0 fully saturated rings. The molecule has 3 N–H and O–H groups in total. The Morgan fingerprint density at radius 3 is 2.38 bits per heavy atom. The molecule has 6 nitrogen and oxygen atoms in total. The lowest BCUT2D eigenvalue weighted by Gasteiger charge is -2.42. The second-order valence-corrected chi connectivity index (χ2v) is 7.94. The van der Waals surface area contributed by atoms with Crippen LogP contribution in [0.15, 0.2) is 36.4 Å². The number of benzene rings is 2. The van der Waals surface area contributed by atoms with Crippen molar-refractivity contribution in [1.29, 1.82) is 0 Å². The fourth-order valence-electron chi connectivity index (χ4n) is 4.00. The number of amides is 1. The van der Waals surface area contributed by atoms with Crippen LogP contribution in [0.2, 0.25) is 0 Å². The Kier molecular flexibility index (Phi) is 5.41. The number of nitrogens with zero attached hydrogens (tertiary/aromatic N) is 3. The highest BCUT2D eigenvalue weighted by atomic mass is 19.2. The van der Waals surface area contributed by atoms with Gasteiger partial charge in [0.2, 0.25) is 5.91 Å². The third-order valence-corrected chi connectivity index (χ3v) is 5.60. The van der Waals surface area contributed by atoms with Crippen molar-refractivity contribution >= 4 is 17.4 Å². The van der Waals surface area contributed by atoms with Gasteiger partial charge in [0, 0.05) is 18.8 Å². The Balaban J connectivity index is 1.94. The zero-order valence-electron chi connectivity index (χ0n) is 17.4. The predicted octanol–water partition coefficient (Wildman–Crippen LogP) is 3.89. The highest BCUT2D eigenvalue weighted by Gasteiger charge is 2.41. The first-order chi connectivity index (χ1) is 15.1. The molecule has 1 aliphatic rings. The summed E-state index contributed by atoms with van der Waals surface area (Å²) >= 11 is 0. The van der Waals surface area contributed by atoms with E-state index < -0.39 is 34.4 Å². The summed E-state index contributed by atoms with van der Waals surface area (Å²) in [7, 11) is 0. The maximum Gasteiger partial charge on any atom is 0.237 e. The first-order valence-electron chi connectivity index (χ1n) is 9.93. The third kappa shape index (κ3) is 3.50. The van der Waals surface area contributed by atoms with Crippen LogP contribution in [0.5, 0.6) is 0 Å². The van der Waals surface area contributed by atoms with Crippen LogP contribution in [0.25, 0.3) is 11.3 Å². The number of nitrogens with two attached hydrogens (primary N) is 1. The standard InChI is InChI=1S/C22H21F4N5O/c1-22(2)21-29-19(17-14(24)7-8-15(25)18(17)26)20(28-13-5-3-12(23)4-6-13)30(21)9-10-31(22)16(32)11-27/h3-8,28H,9-11,27H2,1-2H3. The van der Waals surface area contributed by atoms with E-state index in [0.29, 0.717) is 17.6 Å². The maximum absolute atomic E-state index is 14.7. The Morgan fingerprint density at radius 2 is 1.72 bits per heavy atom. The minimum atomic E-state index is -1.38.